The molecule has 19 heavy (non-hydrogen) atoms. The number of piperazine rings is 1. The van der Waals surface area contributed by atoms with E-state index in [2.05, 4.69) is 40.3 Å². The normalized spacial score (nSPS) is 18.6. The van der Waals surface area contributed by atoms with Crippen molar-refractivity contribution in [1.82, 2.24) is 20.4 Å². The Morgan fingerprint density at radius 2 is 2.16 bits per heavy atom. The number of nitrogens with one attached hydrogen (secondary N) is 1. The van der Waals surface area contributed by atoms with Crippen LogP contribution in [0.15, 0.2) is 16.7 Å². The van der Waals surface area contributed by atoms with Crippen LogP contribution in [0.2, 0.25) is 0 Å². The molecule has 6 heteroatoms. The second-order valence-corrected chi connectivity index (χ2v) is 6.12. The molecule has 1 N–H and O–H groups in total. The average molecular weight is 278 g/mol. The molecule has 0 spiro atoms. The van der Waals surface area contributed by atoms with Crippen molar-refractivity contribution >= 4 is 11.3 Å². The Bertz CT molecular complexity index is 544. The third-order valence-corrected chi connectivity index (χ3v) is 4.45. The molecule has 1 saturated heterocycles. The Morgan fingerprint density at radius 3 is 2.84 bits per heavy atom. The molecule has 2 aromatic heterocycles. The van der Waals surface area contributed by atoms with Crippen LogP contribution in [0.1, 0.15) is 23.7 Å². The number of hydrogen-bond acceptors (Lipinski definition) is 6. The number of aryl methyl sites for hydroxylation is 1. The summed E-state index contributed by atoms with van der Waals surface area (Å²) >= 11 is 1.68. The fourth-order valence-corrected chi connectivity index (χ4v) is 3.08. The van der Waals surface area contributed by atoms with Gasteiger partial charge in [-0.2, -0.15) is 4.98 Å². The highest BCUT2D eigenvalue weighted by Gasteiger charge is 2.23. The number of hydrogen-bond donors (Lipinski definition) is 1. The van der Waals surface area contributed by atoms with E-state index in [1.54, 1.807) is 11.3 Å². The van der Waals surface area contributed by atoms with E-state index in [-0.39, 0.29) is 6.04 Å². The second kappa shape index (κ2) is 5.40. The van der Waals surface area contributed by atoms with Gasteiger partial charge in [-0.15, -0.1) is 11.3 Å². The van der Waals surface area contributed by atoms with Crippen molar-refractivity contribution in [3.05, 3.63) is 22.8 Å². The van der Waals surface area contributed by atoms with Crippen molar-refractivity contribution in [2.45, 2.75) is 19.9 Å². The molecular weight excluding hydrogens is 260 g/mol. The van der Waals surface area contributed by atoms with Gasteiger partial charge < -0.3 is 9.84 Å². The van der Waals surface area contributed by atoms with Gasteiger partial charge in [0.15, 0.2) is 5.82 Å². The van der Waals surface area contributed by atoms with Crippen molar-refractivity contribution < 1.29 is 4.52 Å². The topological polar surface area (TPSA) is 54.2 Å². The minimum atomic E-state index is 0.209. The molecule has 0 bridgehead atoms. The monoisotopic (exact) mass is 278 g/mol. The van der Waals surface area contributed by atoms with E-state index in [1.165, 1.54) is 4.88 Å². The molecule has 0 amide bonds. The molecular formula is C13H18N4OS. The zero-order chi connectivity index (χ0) is 13.2. The summed E-state index contributed by atoms with van der Waals surface area (Å²) in [5.41, 5.74) is 0. The van der Waals surface area contributed by atoms with Crippen LogP contribution in [0.4, 0.5) is 0 Å². The van der Waals surface area contributed by atoms with Crippen LogP contribution < -0.4 is 5.32 Å². The largest absolute Gasteiger partial charge is 0.333 e. The summed E-state index contributed by atoms with van der Waals surface area (Å²) < 4.78 is 5.38. The van der Waals surface area contributed by atoms with Gasteiger partial charge in [0.05, 0.1) is 10.9 Å². The smallest absolute Gasteiger partial charge is 0.268 e. The zero-order valence-electron chi connectivity index (χ0n) is 11.2. The zero-order valence-corrected chi connectivity index (χ0v) is 12.0. The Kier molecular flexibility index (Phi) is 3.63. The molecule has 1 atom stereocenters. The van der Waals surface area contributed by atoms with Crippen LogP contribution in [0, 0.1) is 6.92 Å². The predicted octanol–water partition coefficient (Wildman–Crippen LogP) is 2.07. The maximum absolute atomic E-state index is 5.38. The van der Waals surface area contributed by atoms with Crippen molar-refractivity contribution in [2.24, 2.45) is 0 Å². The van der Waals surface area contributed by atoms with Crippen LogP contribution in [-0.4, -0.2) is 41.2 Å². The van der Waals surface area contributed by atoms with E-state index in [1.807, 2.05) is 6.07 Å². The molecule has 5 nitrogen and oxygen atoms in total. The maximum atomic E-state index is 5.38. The Balaban J connectivity index is 1.76. The van der Waals surface area contributed by atoms with Crippen LogP contribution in [0.3, 0.4) is 0 Å². The number of thiophene rings is 1. The van der Waals surface area contributed by atoms with Gasteiger partial charge in [-0.05, 0) is 26.0 Å². The first-order valence-electron chi connectivity index (χ1n) is 6.59. The quantitative estimate of drug-likeness (QED) is 0.931. The second-order valence-electron chi connectivity index (χ2n) is 4.83. The fourth-order valence-electron chi connectivity index (χ4n) is 2.29. The first kappa shape index (κ1) is 12.8. The first-order chi connectivity index (χ1) is 9.24. The maximum Gasteiger partial charge on any atom is 0.268 e. The highest BCUT2D eigenvalue weighted by Crippen LogP contribution is 2.27. The predicted molar refractivity (Wildman–Crippen MR) is 75.2 cm³/mol. The summed E-state index contributed by atoms with van der Waals surface area (Å²) in [6, 6.07) is 4.32. The van der Waals surface area contributed by atoms with Gasteiger partial charge in [0.1, 0.15) is 0 Å². The van der Waals surface area contributed by atoms with Gasteiger partial charge in [-0.1, -0.05) is 5.16 Å². The minimum absolute atomic E-state index is 0.209. The van der Waals surface area contributed by atoms with Gasteiger partial charge in [0.2, 0.25) is 0 Å². The lowest BCUT2D eigenvalue weighted by atomic mass is 10.2. The number of nitrogens with zero attached hydrogens (tertiary/aromatic N) is 3. The lowest BCUT2D eigenvalue weighted by Gasteiger charge is -2.30. The summed E-state index contributed by atoms with van der Waals surface area (Å²) in [5.74, 6) is 1.41. The van der Waals surface area contributed by atoms with Crippen LogP contribution in [0.5, 0.6) is 0 Å². The van der Waals surface area contributed by atoms with E-state index in [4.69, 9.17) is 4.52 Å². The molecule has 1 aliphatic rings. The van der Waals surface area contributed by atoms with E-state index in [0.717, 1.165) is 36.9 Å². The van der Waals surface area contributed by atoms with Gasteiger partial charge in [0.25, 0.3) is 5.89 Å². The molecule has 3 rings (SSSR count). The Hall–Kier alpha value is -1.24. The van der Waals surface area contributed by atoms with Crippen molar-refractivity contribution in [3.8, 4) is 10.8 Å². The lowest BCUT2D eigenvalue weighted by molar-refractivity contribution is 0.176. The molecule has 1 aliphatic heterocycles. The Morgan fingerprint density at radius 1 is 1.37 bits per heavy atom. The van der Waals surface area contributed by atoms with Gasteiger partial charge in [-0.3, -0.25) is 4.90 Å². The van der Waals surface area contributed by atoms with Gasteiger partial charge >= 0.3 is 0 Å². The fraction of sp³-hybridized carbons (Fsp3) is 0.538. The van der Waals surface area contributed by atoms with Crippen molar-refractivity contribution in [3.63, 3.8) is 0 Å². The molecule has 0 saturated carbocycles. The summed E-state index contributed by atoms with van der Waals surface area (Å²) in [4.78, 5) is 9.22. The molecule has 1 fully saturated rings. The SMILES string of the molecule is Cc1ccc(-c2nc(C(C)N3CCNCC3)no2)s1. The molecule has 0 aromatic carbocycles. The summed E-state index contributed by atoms with van der Waals surface area (Å²) in [7, 11) is 0. The molecule has 0 radical (unpaired) electrons. The van der Waals surface area contributed by atoms with Crippen molar-refractivity contribution in [2.75, 3.05) is 26.2 Å². The standard InChI is InChI=1S/C13H18N4OS/c1-9-3-4-11(19-9)13-15-12(16-18-13)10(2)17-7-5-14-6-8-17/h3-4,10,14H,5-8H2,1-2H3. The minimum Gasteiger partial charge on any atom is -0.333 e. The van der Waals surface area contributed by atoms with Crippen molar-refractivity contribution in [1.29, 1.82) is 0 Å². The van der Waals surface area contributed by atoms with E-state index in [0.29, 0.717) is 5.89 Å². The van der Waals surface area contributed by atoms with Crippen LogP contribution >= 0.6 is 11.3 Å². The van der Waals surface area contributed by atoms with Gasteiger partial charge in [0, 0.05) is 31.1 Å². The molecule has 3 heterocycles. The summed E-state index contributed by atoms with van der Waals surface area (Å²) in [5, 5.41) is 7.49. The highest BCUT2D eigenvalue weighted by atomic mass is 32.1. The first-order valence-corrected chi connectivity index (χ1v) is 7.41. The van der Waals surface area contributed by atoms with E-state index >= 15 is 0 Å². The molecule has 1 unspecified atom stereocenters. The third kappa shape index (κ3) is 2.70. The average Bonchev–Trinajstić information content (AvgIpc) is 3.07. The van der Waals surface area contributed by atoms with Crippen LogP contribution in [0.25, 0.3) is 10.8 Å². The number of rotatable bonds is 3. The molecule has 2 aromatic rings. The summed E-state index contributed by atoms with van der Waals surface area (Å²) in [6.45, 7) is 8.33. The summed E-state index contributed by atoms with van der Waals surface area (Å²) in [6.07, 6.45) is 0. The Labute approximate surface area is 116 Å². The highest BCUT2D eigenvalue weighted by molar-refractivity contribution is 7.15. The molecule has 102 valence electrons. The van der Waals surface area contributed by atoms with E-state index < -0.39 is 0 Å². The number of aromatic nitrogens is 2. The third-order valence-electron chi connectivity index (χ3n) is 3.47. The van der Waals surface area contributed by atoms with Crippen LogP contribution in [-0.2, 0) is 0 Å². The van der Waals surface area contributed by atoms with Gasteiger partial charge in [-0.25, -0.2) is 0 Å². The van der Waals surface area contributed by atoms with E-state index in [9.17, 15) is 0 Å². The molecule has 0 aliphatic carbocycles. The lowest BCUT2D eigenvalue weighted by Crippen LogP contribution is -2.44.